The Morgan fingerprint density at radius 3 is 2.75 bits per heavy atom. The van der Waals surface area contributed by atoms with Gasteiger partial charge in [0.25, 0.3) is 0 Å². The lowest BCUT2D eigenvalue weighted by molar-refractivity contribution is 0.467. The van der Waals surface area contributed by atoms with Gasteiger partial charge < -0.3 is 14.3 Å². The molecule has 2 heterocycles. The minimum Gasteiger partial charge on any atom is -0.464 e. The van der Waals surface area contributed by atoms with Crippen molar-refractivity contribution in [2.75, 3.05) is 5.32 Å². The van der Waals surface area contributed by atoms with E-state index in [9.17, 15) is 0 Å². The average Bonchev–Trinajstić information content (AvgIpc) is 3.10. The van der Waals surface area contributed by atoms with Crippen LogP contribution in [-0.4, -0.2) is 9.55 Å². The quantitative estimate of drug-likeness (QED) is 0.778. The molecule has 20 heavy (non-hydrogen) atoms. The highest BCUT2D eigenvalue weighted by Gasteiger charge is 2.11. The van der Waals surface area contributed by atoms with E-state index in [1.807, 2.05) is 42.0 Å². The SMILES string of the molecule is Cc1ccc(C(C)Nc2ccccc2-n2ccnc2)o1. The van der Waals surface area contributed by atoms with Gasteiger partial charge in [-0.05, 0) is 38.1 Å². The first-order chi connectivity index (χ1) is 9.74. The number of para-hydroxylation sites is 2. The van der Waals surface area contributed by atoms with E-state index in [4.69, 9.17) is 4.42 Å². The second kappa shape index (κ2) is 5.25. The normalized spacial score (nSPS) is 12.3. The van der Waals surface area contributed by atoms with Crippen LogP contribution < -0.4 is 5.32 Å². The molecular formula is C16H17N3O. The largest absolute Gasteiger partial charge is 0.464 e. The Kier molecular flexibility index (Phi) is 3.29. The molecule has 0 aliphatic rings. The molecule has 0 saturated carbocycles. The maximum Gasteiger partial charge on any atom is 0.126 e. The molecule has 0 aliphatic heterocycles. The lowest BCUT2D eigenvalue weighted by Gasteiger charge is -2.16. The van der Waals surface area contributed by atoms with Gasteiger partial charge in [0.15, 0.2) is 0 Å². The second-order valence-corrected chi connectivity index (χ2v) is 4.80. The zero-order valence-corrected chi connectivity index (χ0v) is 11.6. The Morgan fingerprint density at radius 2 is 2.05 bits per heavy atom. The fourth-order valence-corrected chi connectivity index (χ4v) is 2.21. The van der Waals surface area contributed by atoms with E-state index in [1.165, 1.54) is 0 Å². The number of rotatable bonds is 4. The third-order valence-electron chi connectivity index (χ3n) is 3.25. The molecular weight excluding hydrogens is 250 g/mol. The van der Waals surface area contributed by atoms with Gasteiger partial charge in [0, 0.05) is 12.4 Å². The first-order valence-corrected chi connectivity index (χ1v) is 6.64. The van der Waals surface area contributed by atoms with Gasteiger partial charge in [-0.25, -0.2) is 4.98 Å². The zero-order chi connectivity index (χ0) is 13.9. The summed E-state index contributed by atoms with van der Waals surface area (Å²) in [5.41, 5.74) is 2.12. The number of nitrogens with zero attached hydrogens (tertiary/aromatic N) is 2. The van der Waals surface area contributed by atoms with Crippen molar-refractivity contribution in [1.82, 2.24) is 9.55 Å². The van der Waals surface area contributed by atoms with Gasteiger partial charge in [0.1, 0.15) is 11.5 Å². The molecule has 0 bridgehead atoms. The van der Waals surface area contributed by atoms with Crippen LogP contribution in [0.5, 0.6) is 0 Å². The first-order valence-electron chi connectivity index (χ1n) is 6.64. The Bertz CT molecular complexity index is 685. The van der Waals surface area contributed by atoms with Gasteiger partial charge in [-0.2, -0.15) is 0 Å². The van der Waals surface area contributed by atoms with Crippen LogP contribution in [0.4, 0.5) is 5.69 Å². The van der Waals surface area contributed by atoms with Crippen LogP contribution in [0, 0.1) is 6.92 Å². The second-order valence-electron chi connectivity index (χ2n) is 4.80. The number of imidazole rings is 1. The molecule has 2 aromatic heterocycles. The van der Waals surface area contributed by atoms with Crippen LogP contribution in [-0.2, 0) is 0 Å². The number of anilines is 1. The molecule has 1 N–H and O–H groups in total. The number of nitrogens with one attached hydrogen (secondary N) is 1. The summed E-state index contributed by atoms with van der Waals surface area (Å²) in [6, 6.07) is 12.2. The van der Waals surface area contributed by atoms with Crippen molar-refractivity contribution >= 4 is 5.69 Å². The van der Waals surface area contributed by atoms with E-state index in [1.54, 1.807) is 12.5 Å². The summed E-state index contributed by atoms with van der Waals surface area (Å²) in [5, 5.41) is 3.49. The molecule has 3 aromatic rings. The Balaban J connectivity index is 1.88. The van der Waals surface area contributed by atoms with E-state index >= 15 is 0 Å². The third kappa shape index (κ3) is 2.45. The van der Waals surface area contributed by atoms with Crippen molar-refractivity contribution in [3.8, 4) is 5.69 Å². The van der Waals surface area contributed by atoms with E-state index in [0.717, 1.165) is 22.9 Å². The molecule has 0 radical (unpaired) electrons. The standard InChI is InChI=1S/C16H17N3O/c1-12-7-8-16(20-12)13(2)18-14-5-3-4-6-15(14)19-10-9-17-11-19/h3-11,13,18H,1-2H3. The van der Waals surface area contributed by atoms with Gasteiger partial charge in [-0.1, -0.05) is 12.1 Å². The highest BCUT2D eigenvalue weighted by molar-refractivity contribution is 5.61. The smallest absolute Gasteiger partial charge is 0.126 e. The van der Waals surface area contributed by atoms with Gasteiger partial charge in [-0.3, -0.25) is 0 Å². The Morgan fingerprint density at radius 1 is 1.20 bits per heavy atom. The summed E-state index contributed by atoms with van der Waals surface area (Å²) in [7, 11) is 0. The summed E-state index contributed by atoms with van der Waals surface area (Å²) >= 11 is 0. The van der Waals surface area contributed by atoms with Crippen LogP contribution in [0.3, 0.4) is 0 Å². The van der Waals surface area contributed by atoms with E-state index in [0.29, 0.717) is 0 Å². The number of aromatic nitrogens is 2. The molecule has 1 aromatic carbocycles. The fraction of sp³-hybridized carbons (Fsp3) is 0.188. The van der Waals surface area contributed by atoms with Crippen LogP contribution in [0.15, 0.2) is 59.5 Å². The van der Waals surface area contributed by atoms with Crippen molar-refractivity contribution in [2.24, 2.45) is 0 Å². The van der Waals surface area contributed by atoms with Gasteiger partial charge in [-0.15, -0.1) is 0 Å². The van der Waals surface area contributed by atoms with Gasteiger partial charge >= 0.3 is 0 Å². The predicted octanol–water partition coefficient (Wildman–Crippen LogP) is 3.95. The van der Waals surface area contributed by atoms with Gasteiger partial charge in [0.2, 0.25) is 0 Å². The van der Waals surface area contributed by atoms with Crippen LogP contribution in [0.2, 0.25) is 0 Å². The maximum atomic E-state index is 5.67. The van der Waals surface area contributed by atoms with E-state index in [2.05, 4.69) is 29.4 Å². The molecule has 3 rings (SSSR count). The third-order valence-corrected chi connectivity index (χ3v) is 3.25. The Hall–Kier alpha value is -2.49. The lowest BCUT2D eigenvalue weighted by Crippen LogP contribution is -2.08. The molecule has 1 atom stereocenters. The zero-order valence-electron chi connectivity index (χ0n) is 11.6. The van der Waals surface area contributed by atoms with E-state index < -0.39 is 0 Å². The highest BCUT2D eigenvalue weighted by atomic mass is 16.3. The molecule has 4 nitrogen and oxygen atoms in total. The van der Waals surface area contributed by atoms with Crippen molar-refractivity contribution in [3.05, 3.63) is 66.6 Å². The predicted molar refractivity (Wildman–Crippen MR) is 79.0 cm³/mol. The van der Waals surface area contributed by atoms with Crippen molar-refractivity contribution in [3.63, 3.8) is 0 Å². The highest BCUT2D eigenvalue weighted by Crippen LogP contribution is 2.25. The van der Waals surface area contributed by atoms with Crippen molar-refractivity contribution < 1.29 is 4.42 Å². The van der Waals surface area contributed by atoms with Crippen LogP contribution in [0.1, 0.15) is 24.5 Å². The number of hydrogen-bond donors (Lipinski definition) is 1. The number of furan rings is 1. The van der Waals surface area contributed by atoms with Crippen LogP contribution >= 0.6 is 0 Å². The first kappa shape index (κ1) is 12.5. The topological polar surface area (TPSA) is 43.0 Å². The molecule has 0 fully saturated rings. The van der Waals surface area contributed by atoms with E-state index in [-0.39, 0.29) is 6.04 Å². The summed E-state index contributed by atoms with van der Waals surface area (Å²) in [5.74, 6) is 1.86. The molecule has 0 saturated heterocycles. The minimum atomic E-state index is 0.105. The molecule has 1 unspecified atom stereocenters. The summed E-state index contributed by atoms with van der Waals surface area (Å²) < 4.78 is 7.65. The van der Waals surface area contributed by atoms with Gasteiger partial charge in [0.05, 0.1) is 23.7 Å². The number of benzene rings is 1. The van der Waals surface area contributed by atoms with Crippen molar-refractivity contribution in [2.45, 2.75) is 19.9 Å². The maximum absolute atomic E-state index is 5.67. The van der Waals surface area contributed by atoms with Crippen molar-refractivity contribution in [1.29, 1.82) is 0 Å². The summed E-state index contributed by atoms with van der Waals surface area (Å²) in [6.07, 6.45) is 5.50. The minimum absolute atomic E-state index is 0.105. The molecule has 0 aliphatic carbocycles. The fourth-order valence-electron chi connectivity index (χ4n) is 2.21. The lowest BCUT2D eigenvalue weighted by atomic mass is 10.2. The molecule has 0 spiro atoms. The van der Waals surface area contributed by atoms with Crippen LogP contribution in [0.25, 0.3) is 5.69 Å². The monoisotopic (exact) mass is 267 g/mol. The number of aryl methyl sites for hydroxylation is 1. The summed E-state index contributed by atoms with van der Waals surface area (Å²) in [6.45, 7) is 4.04. The summed E-state index contributed by atoms with van der Waals surface area (Å²) in [4.78, 5) is 4.10. The molecule has 0 amide bonds. The number of hydrogen-bond acceptors (Lipinski definition) is 3. The molecule has 4 heteroatoms. The Labute approximate surface area is 118 Å². The average molecular weight is 267 g/mol. The molecule has 102 valence electrons.